The van der Waals surface area contributed by atoms with E-state index in [9.17, 15) is 4.79 Å². The molecule has 1 aromatic carbocycles. The van der Waals surface area contributed by atoms with Crippen LogP contribution in [0.5, 0.6) is 11.5 Å². The van der Waals surface area contributed by atoms with Crippen molar-refractivity contribution < 1.29 is 14.3 Å². The number of thioether (sulfide) groups is 1. The highest BCUT2D eigenvalue weighted by Gasteiger charge is 2.17. The van der Waals surface area contributed by atoms with Crippen molar-refractivity contribution in [3.63, 3.8) is 0 Å². The van der Waals surface area contributed by atoms with Gasteiger partial charge in [-0.15, -0.1) is 21.5 Å². The van der Waals surface area contributed by atoms with Gasteiger partial charge in [0, 0.05) is 16.6 Å². The molecule has 13 heteroatoms. The molecule has 0 saturated carbocycles. The molecule has 3 N–H and O–H groups in total. The third-order valence-corrected chi connectivity index (χ3v) is 6.31. The zero-order valence-electron chi connectivity index (χ0n) is 18.4. The van der Waals surface area contributed by atoms with E-state index in [1.165, 1.54) is 27.8 Å². The molecule has 11 nitrogen and oxygen atoms in total. The predicted octanol–water partition coefficient (Wildman–Crippen LogP) is 2.67. The highest BCUT2D eigenvalue weighted by Crippen LogP contribution is 2.35. The number of nitrogens with two attached hydrogens (primary N) is 1. The number of hydrogen-bond acceptors (Lipinski definition) is 10. The number of anilines is 1. The van der Waals surface area contributed by atoms with Gasteiger partial charge in [0.05, 0.1) is 31.4 Å². The van der Waals surface area contributed by atoms with Crippen LogP contribution in [0, 0.1) is 13.8 Å². The number of nitrogens with zero attached hydrogens (tertiary/aromatic N) is 6. The Bertz CT molecular complexity index is 1300. The van der Waals surface area contributed by atoms with Crippen LogP contribution in [0.3, 0.4) is 0 Å². The molecule has 0 saturated heterocycles. The third kappa shape index (κ3) is 4.78. The number of thiazole rings is 1. The molecule has 0 spiro atoms. The number of carbonyl (C=O) groups is 1. The Hall–Kier alpha value is -3.58. The van der Waals surface area contributed by atoms with E-state index in [2.05, 4.69) is 25.6 Å². The van der Waals surface area contributed by atoms with Crippen molar-refractivity contribution in [2.75, 3.05) is 31.1 Å². The molecule has 1 amide bonds. The van der Waals surface area contributed by atoms with E-state index in [-0.39, 0.29) is 11.7 Å². The van der Waals surface area contributed by atoms with Crippen LogP contribution in [0.1, 0.15) is 11.4 Å². The molecule has 33 heavy (non-hydrogen) atoms. The normalized spacial score (nSPS) is 10.9. The monoisotopic (exact) mass is 486 g/mol. The Balaban J connectivity index is 1.41. The number of hydrogen-bond donors (Lipinski definition) is 2. The molecule has 172 valence electrons. The van der Waals surface area contributed by atoms with Gasteiger partial charge < -0.3 is 20.6 Å². The smallest absolute Gasteiger partial charge is 0.271 e. The van der Waals surface area contributed by atoms with E-state index in [0.717, 1.165) is 17.0 Å². The van der Waals surface area contributed by atoms with Crippen molar-refractivity contribution in [1.82, 2.24) is 29.6 Å². The second kappa shape index (κ2) is 9.50. The number of rotatable bonds is 8. The van der Waals surface area contributed by atoms with Crippen LogP contribution >= 0.6 is 23.1 Å². The Morgan fingerprint density at radius 1 is 1.21 bits per heavy atom. The molecule has 0 unspecified atom stereocenters. The Morgan fingerprint density at radius 2 is 2.03 bits per heavy atom. The topological polar surface area (TPSA) is 135 Å². The standard InChI is InChI=1S/C20H22N8O3S2/c1-11-7-12(2)28(26-11)19-24-25-20(27(19)21)33-10-17(29)23-18-22-15(9-32-18)14-8-13(30-3)5-6-16(14)31-4/h5-9H,10,21H2,1-4H3,(H,22,23,29). The minimum absolute atomic E-state index is 0.0871. The summed E-state index contributed by atoms with van der Waals surface area (Å²) in [4.78, 5) is 17.0. The van der Waals surface area contributed by atoms with Crippen molar-refractivity contribution in [2.24, 2.45) is 0 Å². The Morgan fingerprint density at radius 3 is 2.73 bits per heavy atom. The van der Waals surface area contributed by atoms with E-state index in [0.29, 0.717) is 33.4 Å². The maximum Gasteiger partial charge on any atom is 0.271 e. The lowest BCUT2D eigenvalue weighted by molar-refractivity contribution is -0.113. The van der Waals surface area contributed by atoms with E-state index in [1.807, 2.05) is 43.5 Å². The molecule has 0 radical (unpaired) electrons. The van der Waals surface area contributed by atoms with Gasteiger partial charge in [0.25, 0.3) is 5.95 Å². The molecular weight excluding hydrogens is 464 g/mol. The van der Waals surface area contributed by atoms with Crippen molar-refractivity contribution >= 4 is 34.1 Å². The maximum atomic E-state index is 12.5. The van der Waals surface area contributed by atoms with Gasteiger partial charge in [-0.05, 0) is 38.1 Å². The third-order valence-electron chi connectivity index (χ3n) is 4.61. The lowest BCUT2D eigenvalue weighted by Crippen LogP contribution is -2.18. The van der Waals surface area contributed by atoms with Gasteiger partial charge in [-0.3, -0.25) is 4.79 Å². The fourth-order valence-electron chi connectivity index (χ4n) is 3.10. The van der Waals surface area contributed by atoms with Crippen LogP contribution in [-0.2, 0) is 4.79 Å². The summed E-state index contributed by atoms with van der Waals surface area (Å²) in [7, 11) is 3.19. The number of benzene rings is 1. The van der Waals surface area contributed by atoms with E-state index >= 15 is 0 Å². The van der Waals surface area contributed by atoms with Crippen LogP contribution in [0.25, 0.3) is 17.2 Å². The SMILES string of the molecule is COc1ccc(OC)c(-c2csc(NC(=O)CSc3nnc(-n4nc(C)cc4C)n3N)n2)c1. The first-order valence-electron chi connectivity index (χ1n) is 9.74. The fourth-order valence-corrected chi connectivity index (χ4v) is 4.48. The first-order valence-corrected chi connectivity index (χ1v) is 11.6. The summed E-state index contributed by atoms with van der Waals surface area (Å²) in [6.45, 7) is 3.79. The number of carbonyl (C=O) groups excluding carboxylic acids is 1. The van der Waals surface area contributed by atoms with E-state index < -0.39 is 0 Å². The molecular formula is C20H22N8O3S2. The summed E-state index contributed by atoms with van der Waals surface area (Å²) in [5.41, 5.74) is 3.18. The molecule has 0 aliphatic rings. The van der Waals surface area contributed by atoms with Crippen LogP contribution in [0.2, 0.25) is 0 Å². The van der Waals surface area contributed by atoms with Gasteiger partial charge in [-0.1, -0.05) is 11.8 Å². The lowest BCUT2D eigenvalue weighted by Gasteiger charge is -2.08. The van der Waals surface area contributed by atoms with Crippen LogP contribution < -0.4 is 20.6 Å². The van der Waals surface area contributed by atoms with Gasteiger partial charge in [-0.2, -0.15) is 5.10 Å². The van der Waals surface area contributed by atoms with Crippen LogP contribution in [0.15, 0.2) is 34.8 Å². The number of aryl methyl sites for hydroxylation is 2. The van der Waals surface area contributed by atoms with Gasteiger partial charge in [-0.25, -0.2) is 14.3 Å². The number of amides is 1. The van der Waals surface area contributed by atoms with Crippen LogP contribution in [0.4, 0.5) is 5.13 Å². The molecule has 4 aromatic rings. The summed E-state index contributed by atoms with van der Waals surface area (Å²) in [6, 6.07) is 7.37. The van der Waals surface area contributed by atoms with Crippen LogP contribution in [-0.4, -0.2) is 55.5 Å². The summed E-state index contributed by atoms with van der Waals surface area (Å²) >= 11 is 2.49. The van der Waals surface area contributed by atoms with Crippen molar-refractivity contribution in [3.8, 4) is 28.7 Å². The molecule has 0 fully saturated rings. The molecule has 0 aliphatic carbocycles. The number of methoxy groups -OCH3 is 2. The van der Waals surface area contributed by atoms with Crippen molar-refractivity contribution in [2.45, 2.75) is 19.0 Å². The van der Waals surface area contributed by atoms with Gasteiger partial charge in [0.15, 0.2) is 5.13 Å². The number of aromatic nitrogens is 6. The largest absolute Gasteiger partial charge is 0.497 e. The minimum atomic E-state index is -0.242. The average molecular weight is 487 g/mol. The number of nitrogen functional groups attached to an aromatic ring is 1. The zero-order chi connectivity index (χ0) is 23.5. The molecule has 0 atom stereocenters. The molecule has 0 bridgehead atoms. The van der Waals surface area contributed by atoms with Gasteiger partial charge in [0.2, 0.25) is 11.1 Å². The molecule has 3 aromatic heterocycles. The number of ether oxygens (including phenoxy) is 2. The number of nitrogens with one attached hydrogen (secondary N) is 1. The van der Waals surface area contributed by atoms with E-state index in [4.69, 9.17) is 15.3 Å². The lowest BCUT2D eigenvalue weighted by atomic mass is 10.1. The van der Waals surface area contributed by atoms with E-state index in [1.54, 1.807) is 18.9 Å². The maximum absolute atomic E-state index is 12.5. The highest BCUT2D eigenvalue weighted by molar-refractivity contribution is 7.99. The first kappa shape index (κ1) is 22.6. The predicted molar refractivity (Wildman–Crippen MR) is 127 cm³/mol. The summed E-state index contributed by atoms with van der Waals surface area (Å²) in [5, 5.41) is 18.0. The first-order chi connectivity index (χ1) is 15.9. The highest BCUT2D eigenvalue weighted by atomic mass is 32.2. The molecule has 4 rings (SSSR count). The second-order valence-electron chi connectivity index (χ2n) is 6.93. The average Bonchev–Trinajstić information content (AvgIpc) is 3.50. The minimum Gasteiger partial charge on any atom is -0.497 e. The molecule has 0 aliphatic heterocycles. The zero-order valence-corrected chi connectivity index (χ0v) is 20.0. The second-order valence-corrected chi connectivity index (χ2v) is 8.73. The quantitative estimate of drug-likeness (QED) is 0.285. The van der Waals surface area contributed by atoms with Gasteiger partial charge in [0.1, 0.15) is 11.5 Å². The Labute approximate surface area is 197 Å². The summed E-state index contributed by atoms with van der Waals surface area (Å²) in [6.07, 6.45) is 0. The summed E-state index contributed by atoms with van der Waals surface area (Å²) < 4.78 is 13.6. The van der Waals surface area contributed by atoms with Gasteiger partial charge >= 0.3 is 0 Å². The fraction of sp³-hybridized carbons (Fsp3) is 0.250. The van der Waals surface area contributed by atoms with Crippen molar-refractivity contribution in [3.05, 3.63) is 41.0 Å². The Kier molecular flexibility index (Phi) is 6.51. The molecule has 3 heterocycles. The van der Waals surface area contributed by atoms with Crippen molar-refractivity contribution in [1.29, 1.82) is 0 Å². The summed E-state index contributed by atoms with van der Waals surface area (Å²) in [5.74, 6) is 7.69.